The molecule has 0 aliphatic carbocycles. The van der Waals surface area contributed by atoms with Crippen molar-refractivity contribution in [1.29, 1.82) is 0 Å². The van der Waals surface area contributed by atoms with Gasteiger partial charge < -0.3 is 5.32 Å². The van der Waals surface area contributed by atoms with Crippen molar-refractivity contribution in [3.8, 4) is 0 Å². The van der Waals surface area contributed by atoms with Crippen molar-refractivity contribution in [1.82, 2.24) is 10.3 Å². The quantitative estimate of drug-likeness (QED) is 0.858. The van der Waals surface area contributed by atoms with Crippen molar-refractivity contribution in [3.63, 3.8) is 0 Å². The Bertz CT molecular complexity index is 293. The first-order chi connectivity index (χ1) is 7.38. The molecule has 2 nitrogen and oxygen atoms in total. The molecule has 1 aromatic rings. The number of thiazole rings is 1. The van der Waals surface area contributed by atoms with E-state index in [9.17, 15) is 0 Å². The summed E-state index contributed by atoms with van der Waals surface area (Å²) in [6.45, 7) is 1.03. The minimum atomic E-state index is 0.841. The predicted molar refractivity (Wildman–Crippen MR) is 68.9 cm³/mol. The van der Waals surface area contributed by atoms with Gasteiger partial charge in [0, 0.05) is 30.0 Å². The van der Waals surface area contributed by atoms with Crippen LogP contribution >= 0.6 is 23.1 Å². The molecule has 2 heterocycles. The molecule has 1 atom stereocenters. The highest BCUT2D eigenvalue weighted by Gasteiger charge is 2.17. The van der Waals surface area contributed by atoms with Crippen LogP contribution in [0.1, 0.15) is 23.5 Å². The third kappa shape index (κ3) is 3.47. The summed E-state index contributed by atoms with van der Waals surface area (Å²) >= 11 is 3.95. The molecule has 1 fully saturated rings. The standard InChI is InChI=1S/C11H18N2S2/c1-12-5-4-9-8-15-11(13-9)7-10-3-2-6-14-10/h8,10,12H,2-7H2,1H3. The molecular formula is C11H18N2S2. The molecule has 1 aliphatic heterocycles. The molecule has 0 amide bonds. The van der Waals surface area contributed by atoms with E-state index in [1.54, 1.807) is 0 Å². The van der Waals surface area contributed by atoms with E-state index in [1.165, 1.54) is 35.7 Å². The minimum absolute atomic E-state index is 0.841. The highest BCUT2D eigenvalue weighted by Crippen LogP contribution is 2.29. The van der Waals surface area contributed by atoms with Gasteiger partial charge in [0.15, 0.2) is 0 Å². The van der Waals surface area contributed by atoms with Crippen LogP contribution in [0.4, 0.5) is 0 Å². The summed E-state index contributed by atoms with van der Waals surface area (Å²) in [6, 6.07) is 0. The van der Waals surface area contributed by atoms with Crippen LogP contribution < -0.4 is 5.32 Å². The van der Waals surface area contributed by atoms with Crippen LogP contribution in [0.5, 0.6) is 0 Å². The molecular weight excluding hydrogens is 224 g/mol. The van der Waals surface area contributed by atoms with Gasteiger partial charge in [-0.25, -0.2) is 4.98 Å². The first-order valence-corrected chi connectivity index (χ1v) is 7.51. The van der Waals surface area contributed by atoms with Gasteiger partial charge in [0.2, 0.25) is 0 Å². The lowest BCUT2D eigenvalue weighted by molar-refractivity contribution is 0.757. The number of nitrogens with one attached hydrogen (secondary N) is 1. The van der Waals surface area contributed by atoms with E-state index < -0.39 is 0 Å². The zero-order valence-corrected chi connectivity index (χ0v) is 10.8. The second kappa shape index (κ2) is 5.87. The molecule has 4 heteroatoms. The Balaban J connectivity index is 1.83. The molecule has 15 heavy (non-hydrogen) atoms. The van der Waals surface area contributed by atoms with E-state index >= 15 is 0 Å². The molecule has 2 rings (SSSR count). The van der Waals surface area contributed by atoms with E-state index in [1.807, 2.05) is 18.4 Å². The van der Waals surface area contributed by atoms with Gasteiger partial charge in [-0.2, -0.15) is 11.8 Å². The van der Waals surface area contributed by atoms with Gasteiger partial charge in [-0.15, -0.1) is 11.3 Å². The SMILES string of the molecule is CNCCc1csc(CC2CCCS2)n1. The van der Waals surface area contributed by atoms with Gasteiger partial charge in [-0.1, -0.05) is 0 Å². The predicted octanol–water partition coefficient (Wildman–Crippen LogP) is 2.34. The lowest BCUT2D eigenvalue weighted by Gasteiger charge is -2.04. The van der Waals surface area contributed by atoms with Crippen molar-refractivity contribution >= 4 is 23.1 Å². The van der Waals surface area contributed by atoms with Crippen molar-refractivity contribution in [2.75, 3.05) is 19.3 Å². The smallest absolute Gasteiger partial charge is 0.0939 e. The van der Waals surface area contributed by atoms with E-state index in [0.29, 0.717) is 0 Å². The summed E-state index contributed by atoms with van der Waals surface area (Å²) in [5.41, 5.74) is 1.26. The molecule has 0 aromatic carbocycles. The first-order valence-electron chi connectivity index (χ1n) is 5.58. The molecule has 0 radical (unpaired) electrons. The summed E-state index contributed by atoms with van der Waals surface area (Å²) in [5, 5.41) is 7.55. The first kappa shape index (κ1) is 11.4. The lowest BCUT2D eigenvalue weighted by atomic mass is 10.2. The number of thioether (sulfide) groups is 1. The van der Waals surface area contributed by atoms with Crippen molar-refractivity contribution in [2.24, 2.45) is 0 Å². The van der Waals surface area contributed by atoms with Gasteiger partial charge in [0.1, 0.15) is 0 Å². The van der Waals surface area contributed by atoms with Crippen molar-refractivity contribution in [3.05, 3.63) is 16.1 Å². The summed E-state index contributed by atoms with van der Waals surface area (Å²) in [4.78, 5) is 4.68. The van der Waals surface area contributed by atoms with Crippen molar-refractivity contribution < 1.29 is 0 Å². The maximum Gasteiger partial charge on any atom is 0.0939 e. The largest absolute Gasteiger partial charge is 0.319 e. The van der Waals surface area contributed by atoms with Gasteiger partial charge in [-0.3, -0.25) is 0 Å². The number of hydrogen-bond donors (Lipinski definition) is 1. The number of rotatable bonds is 5. The van der Waals surface area contributed by atoms with E-state index in [4.69, 9.17) is 0 Å². The highest BCUT2D eigenvalue weighted by molar-refractivity contribution is 8.00. The monoisotopic (exact) mass is 242 g/mol. The Hall–Kier alpha value is -0.0600. The van der Waals surface area contributed by atoms with Crippen LogP contribution in [0.2, 0.25) is 0 Å². The Labute approximate surface area is 99.9 Å². The van der Waals surface area contributed by atoms with Crippen LogP contribution in [0.15, 0.2) is 5.38 Å². The summed E-state index contributed by atoms with van der Waals surface area (Å²) in [5.74, 6) is 1.35. The molecule has 1 aromatic heterocycles. The molecule has 0 spiro atoms. The van der Waals surface area contributed by atoms with Gasteiger partial charge >= 0.3 is 0 Å². The summed E-state index contributed by atoms with van der Waals surface area (Å²) in [6.07, 6.45) is 5.03. The van der Waals surface area contributed by atoms with Crippen LogP contribution in [0, 0.1) is 0 Å². The van der Waals surface area contributed by atoms with E-state index in [-0.39, 0.29) is 0 Å². The molecule has 1 N–H and O–H groups in total. The number of likely N-dealkylation sites (N-methyl/N-ethyl adjacent to an activating group) is 1. The summed E-state index contributed by atoms with van der Waals surface area (Å²) < 4.78 is 0. The molecule has 1 saturated heterocycles. The van der Waals surface area contributed by atoms with Gasteiger partial charge in [0.25, 0.3) is 0 Å². The van der Waals surface area contributed by atoms with E-state index in [0.717, 1.165) is 18.2 Å². The highest BCUT2D eigenvalue weighted by atomic mass is 32.2. The average molecular weight is 242 g/mol. The second-order valence-corrected chi connectivity index (χ2v) is 6.28. The van der Waals surface area contributed by atoms with Crippen LogP contribution in [0.3, 0.4) is 0 Å². The molecule has 0 bridgehead atoms. The number of hydrogen-bond acceptors (Lipinski definition) is 4. The third-order valence-electron chi connectivity index (χ3n) is 2.66. The van der Waals surface area contributed by atoms with Gasteiger partial charge in [-0.05, 0) is 25.6 Å². The van der Waals surface area contributed by atoms with Gasteiger partial charge in [0.05, 0.1) is 10.7 Å². The Morgan fingerprint density at radius 1 is 1.60 bits per heavy atom. The Kier molecular flexibility index (Phi) is 4.47. The third-order valence-corrected chi connectivity index (χ3v) is 4.97. The molecule has 1 unspecified atom stereocenters. The van der Waals surface area contributed by atoms with Crippen LogP contribution in [0.25, 0.3) is 0 Å². The number of aromatic nitrogens is 1. The fourth-order valence-corrected chi connectivity index (χ4v) is 4.10. The normalized spacial score (nSPS) is 21.0. The Morgan fingerprint density at radius 3 is 3.27 bits per heavy atom. The maximum absolute atomic E-state index is 4.68. The van der Waals surface area contributed by atoms with Crippen LogP contribution in [-0.2, 0) is 12.8 Å². The summed E-state index contributed by atoms with van der Waals surface area (Å²) in [7, 11) is 1.99. The van der Waals surface area contributed by atoms with Crippen LogP contribution in [-0.4, -0.2) is 29.6 Å². The molecule has 0 saturated carbocycles. The molecule has 84 valence electrons. The zero-order chi connectivity index (χ0) is 10.5. The molecule has 1 aliphatic rings. The zero-order valence-electron chi connectivity index (χ0n) is 9.16. The Morgan fingerprint density at radius 2 is 2.53 bits per heavy atom. The maximum atomic E-state index is 4.68. The second-order valence-electron chi connectivity index (χ2n) is 3.93. The fourth-order valence-electron chi connectivity index (χ4n) is 1.81. The lowest BCUT2D eigenvalue weighted by Crippen LogP contribution is -2.10. The topological polar surface area (TPSA) is 24.9 Å². The average Bonchev–Trinajstić information content (AvgIpc) is 2.87. The number of nitrogens with zero attached hydrogens (tertiary/aromatic N) is 1. The van der Waals surface area contributed by atoms with E-state index in [2.05, 4.69) is 27.4 Å². The minimum Gasteiger partial charge on any atom is -0.319 e. The van der Waals surface area contributed by atoms with Crippen molar-refractivity contribution in [2.45, 2.75) is 30.9 Å². The fraction of sp³-hybridized carbons (Fsp3) is 0.727.